The van der Waals surface area contributed by atoms with Gasteiger partial charge >= 0.3 is 6.09 Å². The smallest absolute Gasteiger partial charge is 0.411 e. The zero-order valence-corrected chi connectivity index (χ0v) is 8.17. The first kappa shape index (κ1) is 9.80. The Morgan fingerprint density at radius 3 is 3.08 bits per heavy atom. The van der Waals surface area contributed by atoms with E-state index in [-0.39, 0.29) is 0 Å². The second kappa shape index (κ2) is 4.09. The monoisotopic (exact) mass is 197 g/mol. The van der Waals surface area contributed by atoms with Crippen LogP contribution in [0.15, 0.2) is 24.1 Å². The van der Waals surface area contributed by atoms with Gasteiger partial charge in [0.2, 0.25) is 0 Å². The third-order valence-corrected chi connectivity index (χ3v) is 2.63. The van der Waals surface area contributed by atoms with Crippen LogP contribution in [0.4, 0.5) is 10.5 Å². The van der Waals surface area contributed by atoms with Gasteiger partial charge in [-0.1, -0.05) is 6.08 Å². The summed E-state index contributed by atoms with van der Waals surface area (Å²) in [7, 11) is 1.54. The highest BCUT2D eigenvalue weighted by molar-refractivity contribution is 7.10. The average Bonchev–Trinajstić information content (AvgIpc) is 2.52. The lowest BCUT2D eigenvalue weighted by Crippen LogP contribution is -2.24. The van der Waals surface area contributed by atoms with Gasteiger partial charge in [0.15, 0.2) is 0 Å². The molecular formula is C9H11NO2S. The number of anilines is 1. The maximum Gasteiger partial charge on any atom is 0.411 e. The number of carbonyl (C=O) groups is 1. The van der Waals surface area contributed by atoms with Gasteiger partial charge in [0.25, 0.3) is 0 Å². The van der Waals surface area contributed by atoms with Crippen molar-refractivity contribution in [1.29, 1.82) is 0 Å². The van der Waals surface area contributed by atoms with Crippen LogP contribution in [0.5, 0.6) is 0 Å². The number of hydrogen-bond acceptors (Lipinski definition) is 2. The van der Waals surface area contributed by atoms with Crippen LogP contribution >= 0.6 is 11.3 Å². The summed E-state index contributed by atoms with van der Waals surface area (Å²) in [5.41, 5.74) is 0.748. The first-order chi connectivity index (χ1) is 6.16. The van der Waals surface area contributed by atoms with Gasteiger partial charge in [-0.25, -0.2) is 4.79 Å². The largest absolute Gasteiger partial charge is 0.465 e. The summed E-state index contributed by atoms with van der Waals surface area (Å²) in [5, 5.41) is 10.6. The molecule has 0 saturated heterocycles. The molecule has 1 rings (SSSR count). The molecule has 1 amide bonds. The van der Waals surface area contributed by atoms with Crippen molar-refractivity contribution in [2.75, 3.05) is 11.9 Å². The van der Waals surface area contributed by atoms with Crippen LogP contribution in [0.2, 0.25) is 0 Å². The normalized spacial score (nSPS) is 9.62. The maximum atomic E-state index is 10.7. The van der Waals surface area contributed by atoms with Crippen molar-refractivity contribution in [3.63, 3.8) is 0 Å². The molecule has 0 aliphatic carbocycles. The lowest BCUT2D eigenvalue weighted by Gasteiger charge is -2.12. The van der Waals surface area contributed by atoms with Gasteiger partial charge in [-0.15, -0.1) is 17.9 Å². The second-order valence-corrected chi connectivity index (χ2v) is 3.56. The summed E-state index contributed by atoms with van der Waals surface area (Å²) in [6, 6.07) is 1.80. The number of thiophene rings is 1. The molecule has 13 heavy (non-hydrogen) atoms. The van der Waals surface area contributed by atoms with Gasteiger partial charge in [-0.3, -0.25) is 4.90 Å². The molecule has 70 valence electrons. The summed E-state index contributed by atoms with van der Waals surface area (Å²) in [4.78, 5) is 12.9. The standard InChI is InChI=1S/C9H11NO2S/c1-3-4-8-7(5-6-13-8)10(2)9(11)12/h3,5-6H,1,4H2,2H3,(H,11,12). The SMILES string of the molecule is C=CCc1sccc1N(C)C(=O)O. The van der Waals surface area contributed by atoms with Crippen LogP contribution in [-0.4, -0.2) is 18.2 Å². The Balaban J connectivity index is 2.92. The Morgan fingerprint density at radius 2 is 2.54 bits per heavy atom. The van der Waals surface area contributed by atoms with E-state index in [0.29, 0.717) is 6.42 Å². The van der Waals surface area contributed by atoms with Gasteiger partial charge in [-0.2, -0.15) is 0 Å². The van der Waals surface area contributed by atoms with Crippen molar-refractivity contribution in [2.45, 2.75) is 6.42 Å². The fourth-order valence-corrected chi connectivity index (χ4v) is 1.92. The molecule has 1 N–H and O–H groups in total. The Labute approximate surface area is 80.9 Å². The molecule has 0 aliphatic rings. The van der Waals surface area contributed by atoms with Gasteiger partial charge in [-0.05, 0) is 11.4 Å². The molecule has 1 heterocycles. The Bertz CT molecular complexity index is 319. The molecule has 0 saturated carbocycles. The molecule has 0 aliphatic heterocycles. The zero-order valence-electron chi connectivity index (χ0n) is 7.36. The Hall–Kier alpha value is -1.29. The van der Waals surface area contributed by atoms with E-state index in [4.69, 9.17) is 5.11 Å². The summed E-state index contributed by atoms with van der Waals surface area (Å²) >= 11 is 1.54. The molecule has 0 aromatic carbocycles. The molecule has 0 unspecified atom stereocenters. The first-order valence-corrected chi connectivity index (χ1v) is 4.68. The van der Waals surface area contributed by atoms with Crippen LogP contribution in [0.25, 0.3) is 0 Å². The molecule has 0 bridgehead atoms. The first-order valence-electron chi connectivity index (χ1n) is 3.80. The van der Waals surface area contributed by atoms with Gasteiger partial charge in [0.1, 0.15) is 0 Å². The fraction of sp³-hybridized carbons (Fsp3) is 0.222. The topological polar surface area (TPSA) is 40.5 Å². The van der Waals surface area contributed by atoms with Crippen molar-refractivity contribution in [3.8, 4) is 0 Å². The van der Waals surface area contributed by atoms with Crippen LogP contribution in [0, 0.1) is 0 Å². The maximum absolute atomic E-state index is 10.7. The molecule has 0 radical (unpaired) electrons. The molecule has 1 aromatic rings. The van der Waals surface area contributed by atoms with E-state index < -0.39 is 6.09 Å². The molecule has 0 spiro atoms. The summed E-state index contributed by atoms with van der Waals surface area (Å²) < 4.78 is 0. The number of amides is 1. The van der Waals surface area contributed by atoms with Crippen LogP contribution in [-0.2, 0) is 6.42 Å². The van der Waals surface area contributed by atoms with Crippen LogP contribution in [0.1, 0.15) is 4.88 Å². The highest BCUT2D eigenvalue weighted by Gasteiger charge is 2.12. The van der Waals surface area contributed by atoms with E-state index in [1.807, 2.05) is 5.38 Å². The van der Waals surface area contributed by atoms with Crippen molar-refractivity contribution >= 4 is 23.1 Å². The highest BCUT2D eigenvalue weighted by atomic mass is 32.1. The molecule has 4 heteroatoms. The fourth-order valence-electron chi connectivity index (χ4n) is 1.02. The lowest BCUT2D eigenvalue weighted by atomic mass is 10.3. The van der Waals surface area contributed by atoms with Crippen molar-refractivity contribution in [1.82, 2.24) is 0 Å². The van der Waals surface area contributed by atoms with Gasteiger partial charge < -0.3 is 5.11 Å². The number of rotatable bonds is 3. The minimum absolute atomic E-state index is 0.713. The van der Waals surface area contributed by atoms with Gasteiger partial charge in [0, 0.05) is 18.3 Å². The number of hydrogen-bond donors (Lipinski definition) is 1. The minimum atomic E-state index is -0.941. The predicted molar refractivity (Wildman–Crippen MR) is 54.6 cm³/mol. The quantitative estimate of drug-likeness (QED) is 0.756. The highest BCUT2D eigenvalue weighted by Crippen LogP contribution is 2.26. The predicted octanol–water partition coefficient (Wildman–Crippen LogP) is 2.59. The van der Waals surface area contributed by atoms with Crippen LogP contribution < -0.4 is 4.90 Å². The van der Waals surface area contributed by atoms with Crippen molar-refractivity contribution in [3.05, 3.63) is 29.0 Å². The van der Waals surface area contributed by atoms with E-state index in [9.17, 15) is 4.79 Å². The summed E-state index contributed by atoms with van der Waals surface area (Å²) in [6.45, 7) is 3.62. The minimum Gasteiger partial charge on any atom is -0.465 e. The Kier molecular flexibility index (Phi) is 3.08. The van der Waals surface area contributed by atoms with Gasteiger partial charge in [0.05, 0.1) is 5.69 Å². The molecule has 3 nitrogen and oxygen atoms in total. The third-order valence-electron chi connectivity index (χ3n) is 1.70. The van der Waals surface area contributed by atoms with E-state index in [1.165, 1.54) is 11.9 Å². The molecule has 1 aromatic heterocycles. The number of carboxylic acid groups (broad SMARTS) is 1. The van der Waals surface area contributed by atoms with E-state index in [2.05, 4.69) is 6.58 Å². The molecular weight excluding hydrogens is 186 g/mol. The van der Waals surface area contributed by atoms with E-state index in [1.54, 1.807) is 23.5 Å². The van der Waals surface area contributed by atoms with Crippen molar-refractivity contribution < 1.29 is 9.90 Å². The number of nitrogens with zero attached hydrogens (tertiary/aromatic N) is 1. The second-order valence-electron chi connectivity index (χ2n) is 2.56. The van der Waals surface area contributed by atoms with Crippen LogP contribution in [0.3, 0.4) is 0 Å². The zero-order chi connectivity index (χ0) is 9.84. The third kappa shape index (κ3) is 2.09. The lowest BCUT2D eigenvalue weighted by molar-refractivity contribution is 0.203. The molecule has 0 fully saturated rings. The summed E-state index contributed by atoms with van der Waals surface area (Å²) in [6.07, 6.45) is 1.54. The van der Waals surface area contributed by atoms with Crippen molar-refractivity contribution in [2.24, 2.45) is 0 Å². The van der Waals surface area contributed by atoms with E-state index >= 15 is 0 Å². The summed E-state index contributed by atoms with van der Waals surface area (Å²) in [5.74, 6) is 0. The average molecular weight is 197 g/mol. The number of allylic oxidation sites excluding steroid dienone is 1. The molecule has 0 atom stereocenters. The van der Waals surface area contributed by atoms with E-state index in [0.717, 1.165) is 10.6 Å². The Morgan fingerprint density at radius 1 is 1.85 bits per heavy atom.